The largest absolute Gasteiger partial charge is 0.497 e. The SMILES string of the molecule is COc1ccc(OC)c(/C=N\OCC(=O)N[C@H]2CCCc3ccccc32)c1. The topological polar surface area (TPSA) is 69.1 Å². The molecule has 142 valence electrons. The minimum atomic E-state index is -0.188. The van der Waals surface area contributed by atoms with Crippen molar-refractivity contribution in [3.8, 4) is 11.5 Å². The van der Waals surface area contributed by atoms with Gasteiger partial charge in [-0.25, -0.2) is 0 Å². The van der Waals surface area contributed by atoms with Crippen LogP contribution in [-0.2, 0) is 16.1 Å². The third-order valence-electron chi connectivity index (χ3n) is 4.60. The zero-order chi connectivity index (χ0) is 19.1. The van der Waals surface area contributed by atoms with Crippen molar-refractivity contribution in [2.24, 2.45) is 5.16 Å². The lowest BCUT2D eigenvalue weighted by Gasteiger charge is -2.26. The summed E-state index contributed by atoms with van der Waals surface area (Å²) in [5, 5.41) is 6.91. The molecule has 1 N–H and O–H groups in total. The molecular formula is C21H24N2O4. The predicted molar refractivity (Wildman–Crippen MR) is 103 cm³/mol. The quantitative estimate of drug-likeness (QED) is 0.602. The smallest absolute Gasteiger partial charge is 0.261 e. The van der Waals surface area contributed by atoms with Crippen LogP contribution in [0.4, 0.5) is 0 Å². The molecule has 1 amide bonds. The van der Waals surface area contributed by atoms with Gasteiger partial charge in [-0.1, -0.05) is 29.4 Å². The second kappa shape index (κ2) is 9.07. The Bertz CT molecular complexity index is 820. The number of hydrogen-bond donors (Lipinski definition) is 1. The van der Waals surface area contributed by atoms with Crippen LogP contribution in [0.5, 0.6) is 11.5 Å². The van der Waals surface area contributed by atoms with Crippen LogP contribution in [0.25, 0.3) is 0 Å². The van der Waals surface area contributed by atoms with E-state index in [1.165, 1.54) is 17.3 Å². The van der Waals surface area contributed by atoms with Crippen LogP contribution in [0, 0.1) is 0 Å². The first-order valence-corrected chi connectivity index (χ1v) is 8.96. The molecular weight excluding hydrogens is 344 g/mol. The Morgan fingerprint density at radius 3 is 2.89 bits per heavy atom. The summed E-state index contributed by atoms with van der Waals surface area (Å²) in [6.45, 7) is -0.137. The highest BCUT2D eigenvalue weighted by molar-refractivity contribution is 5.84. The highest BCUT2D eigenvalue weighted by Crippen LogP contribution is 2.29. The lowest BCUT2D eigenvalue weighted by molar-refractivity contribution is -0.126. The average Bonchev–Trinajstić information content (AvgIpc) is 2.71. The molecule has 2 aromatic carbocycles. The minimum absolute atomic E-state index is 0.0357. The van der Waals surface area contributed by atoms with Crippen molar-refractivity contribution in [1.82, 2.24) is 5.32 Å². The molecule has 0 spiro atoms. The van der Waals surface area contributed by atoms with Gasteiger partial charge in [0.1, 0.15) is 11.5 Å². The van der Waals surface area contributed by atoms with Gasteiger partial charge in [0, 0.05) is 5.56 Å². The second-order valence-corrected chi connectivity index (χ2v) is 6.33. The molecule has 2 aromatic rings. The van der Waals surface area contributed by atoms with Gasteiger partial charge < -0.3 is 19.6 Å². The molecule has 3 rings (SSSR count). The Kier molecular flexibility index (Phi) is 6.30. The summed E-state index contributed by atoms with van der Waals surface area (Å²) in [5.74, 6) is 1.14. The molecule has 6 nitrogen and oxygen atoms in total. The van der Waals surface area contributed by atoms with E-state index >= 15 is 0 Å². The van der Waals surface area contributed by atoms with Crippen LogP contribution in [0.3, 0.4) is 0 Å². The zero-order valence-electron chi connectivity index (χ0n) is 15.6. The van der Waals surface area contributed by atoms with Crippen LogP contribution in [0.1, 0.15) is 35.6 Å². The Balaban J connectivity index is 1.54. The highest BCUT2D eigenvalue weighted by atomic mass is 16.6. The van der Waals surface area contributed by atoms with E-state index in [0.717, 1.165) is 19.3 Å². The van der Waals surface area contributed by atoms with Gasteiger partial charge in [-0.15, -0.1) is 0 Å². The highest BCUT2D eigenvalue weighted by Gasteiger charge is 2.21. The first-order chi connectivity index (χ1) is 13.2. The molecule has 0 aliphatic heterocycles. The van der Waals surface area contributed by atoms with Gasteiger partial charge in [0.15, 0.2) is 6.61 Å². The molecule has 0 radical (unpaired) electrons. The van der Waals surface area contributed by atoms with Gasteiger partial charge in [-0.05, 0) is 48.6 Å². The molecule has 1 aliphatic carbocycles. The molecule has 0 heterocycles. The molecule has 0 bridgehead atoms. The summed E-state index contributed by atoms with van der Waals surface area (Å²) in [5.41, 5.74) is 3.21. The summed E-state index contributed by atoms with van der Waals surface area (Å²) in [4.78, 5) is 17.4. The number of carbonyl (C=O) groups excluding carboxylic acids is 1. The second-order valence-electron chi connectivity index (χ2n) is 6.33. The van der Waals surface area contributed by atoms with Crippen LogP contribution in [0.2, 0.25) is 0 Å². The molecule has 0 fully saturated rings. The summed E-state index contributed by atoms with van der Waals surface area (Å²) in [7, 11) is 3.17. The maximum absolute atomic E-state index is 12.2. The molecule has 0 aromatic heterocycles. The van der Waals surface area contributed by atoms with Crippen LogP contribution < -0.4 is 14.8 Å². The molecule has 6 heteroatoms. The fourth-order valence-electron chi connectivity index (χ4n) is 3.27. The van der Waals surface area contributed by atoms with Crippen molar-refractivity contribution in [2.75, 3.05) is 20.8 Å². The van der Waals surface area contributed by atoms with E-state index in [-0.39, 0.29) is 18.6 Å². The number of nitrogens with one attached hydrogen (secondary N) is 1. The Morgan fingerprint density at radius 2 is 2.07 bits per heavy atom. The van der Waals surface area contributed by atoms with Crippen LogP contribution >= 0.6 is 0 Å². The van der Waals surface area contributed by atoms with Gasteiger partial charge in [-0.2, -0.15) is 0 Å². The van der Waals surface area contributed by atoms with Gasteiger partial charge in [0.25, 0.3) is 5.91 Å². The normalized spacial score (nSPS) is 15.9. The number of fused-ring (bicyclic) bond motifs is 1. The number of benzene rings is 2. The van der Waals surface area contributed by atoms with Crippen molar-refractivity contribution < 1.29 is 19.1 Å². The number of aryl methyl sites for hydroxylation is 1. The van der Waals surface area contributed by atoms with E-state index < -0.39 is 0 Å². The standard InChI is InChI=1S/C21H24N2O4/c1-25-17-10-11-20(26-2)16(12-17)13-22-27-14-21(24)23-19-9-5-7-15-6-3-4-8-18(15)19/h3-4,6,8,10-13,19H,5,7,9,14H2,1-2H3,(H,23,24)/b22-13-/t19-/m0/s1. The van der Waals surface area contributed by atoms with E-state index in [2.05, 4.69) is 22.6 Å². The maximum Gasteiger partial charge on any atom is 0.261 e. The first kappa shape index (κ1) is 18.8. The zero-order valence-corrected chi connectivity index (χ0v) is 15.6. The van der Waals surface area contributed by atoms with Gasteiger partial charge in [0.05, 0.1) is 26.5 Å². The Labute approximate surface area is 159 Å². The number of amides is 1. The van der Waals surface area contributed by atoms with Gasteiger partial charge in [-0.3, -0.25) is 4.79 Å². The summed E-state index contributed by atoms with van der Waals surface area (Å²) in [6, 6.07) is 13.6. The van der Waals surface area contributed by atoms with E-state index in [9.17, 15) is 4.79 Å². The van der Waals surface area contributed by atoms with E-state index in [4.69, 9.17) is 14.3 Å². The van der Waals surface area contributed by atoms with Crippen molar-refractivity contribution in [3.63, 3.8) is 0 Å². The van der Waals surface area contributed by atoms with E-state index in [1.807, 2.05) is 12.1 Å². The van der Waals surface area contributed by atoms with Crippen molar-refractivity contribution in [2.45, 2.75) is 25.3 Å². The van der Waals surface area contributed by atoms with Gasteiger partial charge >= 0.3 is 0 Å². The number of hydrogen-bond acceptors (Lipinski definition) is 5. The molecule has 0 saturated carbocycles. The molecule has 0 unspecified atom stereocenters. The van der Waals surface area contributed by atoms with Crippen molar-refractivity contribution in [1.29, 1.82) is 0 Å². The number of methoxy groups -OCH3 is 2. The Hall–Kier alpha value is -3.02. The lowest BCUT2D eigenvalue weighted by Crippen LogP contribution is -2.33. The number of nitrogens with zero attached hydrogens (tertiary/aromatic N) is 1. The minimum Gasteiger partial charge on any atom is -0.497 e. The lowest BCUT2D eigenvalue weighted by atomic mass is 9.88. The number of ether oxygens (including phenoxy) is 2. The summed E-state index contributed by atoms with van der Waals surface area (Å²) in [6.07, 6.45) is 4.57. The third-order valence-corrected chi connectivity index (χ3v) is 4.60. The predicted octanol–water partition coefficient (Wildman–Crippen LogP) is 3.25. The fraction of sp³-hybridized carbons (Fsp3) is 0.333. The van der Waals surface area contributed by atoms with Crippen molar-refractivity contribution >= 4 is 12.1 Å². The first-order valence-electron chi connectivity index (χ1n) is 8.96. The maximum atomic E-state index is 12.2. The average molecular weight is 368 g/mol. The Morgan fingerprint density at radius 1 is 1.22 bits per heavy atom. The third kappa shape index (κ3) is 4.78. The molecule has 1 aliphatic rings. The monoisotopic (exact) mass is 368 g/mol. The summed E-state index contributed by atoms with van der Waals surface area (Å²) < 4.78 is 10.5. The molecule has 27 heavy (non-hydrogen) atoms. The van der Waals surface area contributed by atoms with E-state index in [1.54, 1.807) is 32.4 Å². The molecule has 1 atom stereocenters. The van der Waals surface area contributed by atoms with Gasteiger partial charge in [0.2, 0.25) is 0 Å². The summed E-state index contributed by atoms with van der Waals surface area (Å²) >= 11 is 0. The van der Waals surface area contributed by atoms with E-state index in [0.29, 0.717) is 17.1 Å². The van der Waals surface area contributed by atoms with Crippen LogP contribution in [0.15, 0.2) is 47.6 Å². The van der Waals surface area contributed by atoms with Crippen LogP contribution in [-0.4, -0.2) is 32.9 Å². The number of rotatable bonds is 7. The van der Waals surface area contributed by atoms with Crippen molar-refractivity contribution in [3.05, 3.63) is 59.2 Å². The number of oxime groups is 1. The molecule has 0 saturated heterocycles. The number of carbonyl (C=O) groups is 1. The fourth-order valence-corrected chi connectivity index (χ4v) is 3.27.